The molecule has 34 heavy (non-hydrogen) atoms. The number of nitrogens with one attached hydrogen (secondary N) is 1. The molecule has 5 rings (SSSR count). The summed E-state index contributed by atoms with van der Waals surface area (Å²) < 4.78 is 3.89. The van der Waals surface area contributed by atoms with Crippen molar-refractivity contribution in [1.29, 1.82) is 0 Å². The Morgan fingerprint density at radius 1 is 0.971 bits per heavy atom. The molecule has 0 aliphatic heterocycles. The second kappa shape index (κ2) is 9.57. The number of halogens is 2. The van der Waals surface area contributed by atoms with E-state index in [9.17, 15) is 4.79 Å². The number of amides is 1. The number of carbonyl (C=O) groups is 1. The lowest BCUT2D eigenvalue weighted by Crippen LogP contribution is -2.16. The van der Waals surface area contributed by atoms with Crippen molar-refractivity contribution in [3.8, 4) is 11.4 Å². The number of carbonyl (C=O) groups excluding carboxylic acids is 1. The van der Waals surface area contributed by atoms with Crippen LogP contribution in [0.15, 0.2) is 77.5 Å². The molecule has 3 heterocycles. The Labute approximate surface area is 207 Å². The molecule has 0 fully saturated rings. The quantitative estimate of drug-likeness (QED) is 0.336. The molecule has 0 radical (unpaired) electrons. The van der Waals surface area contributed by atoms with Crippen LogP contribution in [0.4, 0.5) is 5.82 Å². The van der Waals surface area contributed by atoms with Gasteiger partial charge in [0.2, 0.25) is 5.82 Å². The van der Waals surface area contributed by atoms with E-state index in [1.807, 2.05) is 54.6 Å². The van der Waals surface area contributed by atoms with Gasteiger partial charge in [-0.2, -0.15) is 10.2 Å². The first-order valence-corrected chi connectivity index (χ1v) is 11.4. The number of nitrogens with zero attached hydrogens (tertiary/aromatic N) is 8. The third-order valence-electron chi connectivity index (χ3n) is 4.87. The molecule has 10 nitrogen and oxygen atoms in total. The SMILES string of the molecule is O=C(Nc1nn(Cc2ccccc2Cl)cc1Br)c1ccn(Cn2nnc(-c3ccccc3)n2)n1. The van der Waals surface area contributed by atoms with E-state index < -0.39 is 0 Å². The van der Waals surface area contributed by atoms with Crippen LogP contribution in [0, 0.1) is 0 Å². The average molecular weight is 539 g/mol. The van der Waals surface area contributed by atoms with E-state index in [2.05, 4.69) is 46.9 Å². The minimum absolute atomic E-state index is 0.212. The number of aromatic nitrogens is 8. The zero-order chi connectivity index (χ0) is 23.5. The van der Waals surface area contributed by atoms with Crippen molar-refractivity contribution in [3.63, 3.8) is 0 Å². The molecule has 2 aromatic carbocycles. The number of anilines is 1. The fourth-order valence-electron chi connectivity index (χ4n) is 3.23. The van der Waals surface area contributed by atoms with Crippen LogP contribution in [0.25, 0.3) is 11.4 Å². The molecule has 0 bridgehead atoms. The van der Waals surface area contributed by atoms with E-state index in [1.54, 1.807) is 27.8 Å². The predicted molar refractivity (Wildman–Crippen MR) is 129 cm³/mol. The van der Waals surface area contributed by atoms with Crippen LogP contribution in [0.3, 0.4) is 0 Å². The number of hydrogen-bond acceptors (Lipinski definition) is 6. The smallest absolute Gasteiger partial charge is 0.277 e. The highest BCUT2D eigenvalue weighted by Gasteiger charge is 2.15. The Balaban J connectivity index is 1.24. The van der Waals surface area contributed by atoms with Gasteiger partial charge in [0.05, 0.1) is 11.0 Å². The molecule has 0 spiro atoms. The fourth-order valence-corrected chi connectivity index (χ4v) is 3.84. The molecule has 170 valence electrons. The van der Waals surface area contributed by atoms with Crippen LogP contribution in [0.2, 0.25) is 5.02 Å². The van der Waals surface area contributed by atoms with Gasteiger partial charge in [-0.3, -0.25) is 9.48 Å². The first kappa shape index (κ1) is 22.0. The highest BCUT2D eigenvalue weighted by Crippen LogP contribution is 2.23. The molecule has 0 saturated heterocycles. The monoisotopic (exact) mass is 537 g/mol. The first-order chi connectivity index (χ1) is 16.5. The molecule has 3 aromatic heterocycles. The van der Waals surface area contributed by atoms with E-state index in [-0.39, 0.29) is 18.3 Å². The van der Waals surface area contributed by atoms with Crippen LogP contribution in [-0.4, -0.2) is 45.7 Å². The van der Waals surface area contributed by atoms with Crippen molar-refractivity contribution in [2.75, 3.05) is 5.32 Å². The maximum atomic E-state index is 12.7. The van der Waals surface area contributed by atoms with Gasteiger partial charge in [0.25, 0.3) is 5.91 Å². The summed E-state index contributed by atoms with van der Waals surface area (Å²) >= 11 is 9.67. The highest BCUT2D eigenvalue weighted by molar-refractivity contribution is 9.10. The van der Waals surface area contributed by atoms with Gasteiger partial charge in [0.15, 0.2) is 18.2 Å². The molecule has 0 saturated carbocycles. The summed E-state index contributed by atoms with van der Waals surface area (Å²) in [6, 6.07) is 18.7. The molecule has 5 aromatic rings. The lowest BCUT2D eigenvalue weighted by Gasteiger charge is -2.04. The van der Waals surface area contributed by atoms with Crippen LogP contribution >= 0.6 is 27.5 Å². The minimum Gasteiger partial charge on any atom is -0.303 e. The van der Waals surface area contributed by atoms with Crippen LogP contribution in [0.5, 0.6) is 0 Å². The summed E-state index contributed by atoms with van der Waals surface area (Å²) in [7, 11) is 0. The zero-order valence-electron chi connectivity index (χ0n) is 17.6. The molecular formula is C22H17BrClN9O. The molecule has 0 aliphatic rings. The van der Waals surface area contributed by atoms with E-state index in [0.29, 0.717) is 27.7 Å². The van der Waals surface area contributed by atoms with Crippen molar-refractivity contribution >= 4 is 39.3 Å². The topological polar surface area (TPSA) is 108 Å². The van der Waals surface area contributed by atoms with Crippen LogP contribution in [0.1, 0.15) is 16.1 Å². The maximum absolute atomic E-state index is 12.7. The lowest BCUT2D eigenvalue weighted by atomic mass is 10.2. The molecule has 0 atom stereocenters. The van der Waals surface area contributed by atoms with Gasteiger partial charge in [-0.15, -0.1) is 15.0 Å². The van der Waals surface area contributed by atoms with E-state index in [4.69, 9.17) is 11.6 Å². The van der Waals surface area contributed by atoms with Gasteiger partial charge in [-0.05, 0) is 38.8 Å². The molecule has 0 aliphatic carbocycles. The first-order valence-electron chi connectivity index (χ1n) is 10.2. The van der Waals surface area contributed by atoms with Gasteiger partial charge in [0, 0.05) is 23.0 Å². The van der Waals surface area contributed by atoms with E-state index in [0.717, 1.165) is 11.1 Å². The second-order valence-electron chi connectivity index (χ2n) is 7.30. The van der Waals surface area contributed by atoms with Crippen LogP contribution in [-0.2, 0) is 13.2 Å². The summed E-state index contributed by atoms with van der Waals surface area (Å²) in [5.41, 5.74) is 2.03. The highest BCUT2D eigenvalue weighted by atomic mass is 79.9. The predicted octanol–water partition coefficient (Wildman–Crippen LogP) is 3.96. The maximum Gasteiger partial charge on any atom is 0.277 e. The Kier molecular flexibility index (Phi) is 6.19. The van der Waals surface area contributed by atoms with Gasteiger partial charge >= 0.3 is 0 Å². The Morgan fingerprint density at radius 3 is 2.59 bits per heavy atom. The van der Waals surface area contributed by atoms with Crippen LogP contribution < -0.4 is 5.32 Å². The number of rotatable bonds is 7. The fraction of sp³-hybridized carbons (Fsp3) is 0.0909. The molecule has 1 amide bonds. The van der Waals surface area contributed by atoms with Crippen molar-refractivity contribution in [2.45, 2.75) is 13.2 Å². The van der Waals surface area contributed by atoms with Gasteiger partial charge in [0.1, 0.15) is 0 Å². The van der Waals surface area contributed by atoms with Crippen molar-refractivity contribution in [3.05, 3.63) is 93.8 Å². The zero-order valence-corrected chi connectivity index (χ0v) is 19.9. The van der Waals surface area contributed by atoms with Gasteiger partial charge < -0.3 is 5.32 Å². The van der Waals surface area contributed by atoms with E-state index in [1.165, 1.54) is 4.80 Å². The number of benzene rings is 2. The Bertz CT molecular complexity index is 1440. The normalized spacial score (nSPS) is 11.0. The minimum atomic E-state index is -0.390. The van der Waals surface area contributed by atoms with Gasteiger partial charge in [-0.1, -0.05) is 60.1 Å². The molecule has 0 unspecified atom stereocenters. The van der Waals surface area contributed by atoms with Gasteiger partial charge in [-0.25, -0.2) is 4.68 Å². The lowest BCUT2D eigenvalue weighted by molar-refractivity contribution is 0.102. The van der Waals surface area contributed by atoms with Crippen molar-refractivity contribution in [1.82, 2.24) is 39.8 Å². The molecular weight excluding hydrogens is 522 g/mol. The third kappa shape index (κ3) is 4.90. The summed E-state index contributed by atoms with van der Waals surface area (Å²) in [6.45, 7) is 0.682. The van der Waals surface area contributed by atoms with Crippen molar-refractivity contribution in [2.24, 2.45) is 0 Å². The largest absolute Gasteiger partial charge is 0.303 e. The average Bonchev–Trinajstić information content (AvgIpc) is 3.58. The number of tetrazole rings is 1. The number of hydrogen-bond donors (Lipinski definition) is 1. The summed E-state index contributed by atoms with van der Waals surface area (Å²) in [5.74, 6) is 0.513. The Hall–Kier alpha value is -3.83. The van der Waals surface area contributed by atoms with E-state index >= 15 is 0 Å². The molecule has 1 N–H and O–H groups in total. The Morgan fingerprint density at radius 2 is 1.76 bits per heavy atom. The standard InChI is InChI=1S/C22H17BrClN9O/c23-17-13-32(12-16-8-4-5-9-18(16)24)28-21(17)25-22(34)19-10-11-31(27-19)14-33-29-20(26-30-33)15-6-2-1-3-7-15/h1-11,13H,12,14H2,(H,25,28,34). The van der Waals surface area contributed by atoms with Crippen molar-refractivity contribution < 1.29 is 4.79 Å². The summed E-state index contributed by atoms with van der Waals surface area (Å²) in [6.07, 6.45) is 3.45. The third-order valence-corrected chi connectivity index (χ3v) is 5.82. The summed E-state index contributed by atoms with van der Waals surface area (Å²) in [4.78, 5) is 14.1. The molecule has 12 heteroatoms. The summed E-state index contributed by atoms with van der Waals surface area (Å²) in [5, 5.41) is 24.6. The second-order valence-corrected chi connectivity index (χ2v) is 8.56.